The fraction of sp³-hybridized carbons (Fsp3) is 0.818. The molecular formula is C11H19N3O. The smallest absolute Gasteiger partial charge is 0.241 e. The van der Waals surface area contributed by atoms with Crippen molar-refractivity contribution < 1.29 is 4.79 Å². The van der Waals surface area contributed by atoms with Crippen molar-refractivity contribution in [1.82, 2.24) is 9.80 Å². The first-order valence-electron chi connectivity index (χ1n) is 5.49. The highest BCUT2D eigenvalue weighted by molar-refractivity contribution is 5.82. The zero-order chi connectivity index (χ0) is 11.4. The van der Waals surface area contributed by atoms with E-state index in [0.29, 0.717) is 6.42 Å². The van der Waals surface area contributed by atoms with E-state index in [4.69, 9.17) is 5.26 Å². The molecule has 84 valence electrons. The Morgan fingerprint density at radius 3 is 2.80 bits per heavy atom. The van der Waals surface area contributed by atoms with E-state index < -0.39 is 0 Å². The van der Waals surface area contributed by atoms with Gasteiger partial charge in [0, 0.05) is 19.1 Å². The van der Waals surface area contributed by atoms with E-state index in [1.807, 2.05) is 23.8 Å². The molecule has 1 heterocycles. The van der Waals surface area contributed by atoms with Gasteiger partial charge in [0.05, 0.1) is 12.5 Å². The molecule has 4 nitrogen and oxygen atoms in total. The summed E-state index contributed by atoms with van der Waals surface area (Å²) in [4.78, 5) is 16.0. The van der Waals surface area contributed by atoms with Crippen LogP contribution in [0.3, 0.4) is 0 Å². The number of nitriles is 1. The van der Waals surface area contributed by atoms with E-state index >= 15 is 0 Å². The maximum Gasteiger partial charge on any atom is 0.241 e. The van der Waals surface area contributed by atoms with Crippen LogP contribution in [0.25, 0.3) is 0 Å². The normalized spacial score (nSPS) is 28.7. The summed E-state index contributed by atoms with van der Waals surface area (Å²) >= 11 is 0. The number of hydrogen-bond acceptors (Lipinski definition) is 3. The van der Waals surface area contributed by atoms with Crippen LogP contribution in [0.1, 0.15) is 26.7 Å². The van der Waals surface area contributed by atoms with E-state index in [-0.39, 0.29) is 18.0 Å². The van der Waals surface area contributed by atoms with Gasteiger partial charge in [0.15, 0.2) is 0 Å². The maximum absolute atomic E-state index is 12.1. The maximum atomic E-state index is 12.1. The number of carbonyl (C=O) groups excluding carboxylic acids is 1. The van der Waals surface area contributed by atoms with Gasteiger partial charge in [-0.1, -0.05) is 0 Å². The van der Waals surface area contributed by atoms with Gasteiger partial charge < -0.3 is 4.90 Å². The summed E-state index contributed by atoms with van der Waals surface area (Å²) in [5.41, 5.74) is 0. The molecule has 1 rings (SSSR count). The Balaban J connectivity index is 2.86. The van der Waals surface area contributed by atoms with Gasteiger partial charge in [-0.05, 0) is 27.3 Å². The lowest BCUT2D eigenvalue weighted by Crippen LogP contribution is -2.46. The van der Waals surface area contributed by atoms with E-state index in [2.05, 4.69) is 13.0 Å². The molecule has 0 radical (unpaired) electrons. The minimum Gasteiger partial charge on any atom is -0.339 e. The lowest BCUT2D eigenvalue weighted by Gasteiger charge is -2.28. The number of rotatable bonds is 2. The second kappa shape index (κ2) is 5.13. The van der Waals surface area contributed by atoms with Gasteiger partial charge >= 0.3 is 0 Å². The number of amides is 1. The Morgan fingerprint density at radius 1 is 1.60 bits per heavy atom. The molecule has 0 aromatic carbocycles. The van der Waals surface area contributed by atoms with Crippen molar-refractivity contribution in [3.8, 4) is 6.07 Å². The Hall–Kier alpha value is -1.08. The molecule has 0 bridgehead atoms. The lowest BCUT2D eigenvalue weighted by atomic mass is 10.1. The monoisotopic (exact) mass is 209 g/mol. The van der Waals surface area contributed by atoms with Crippen LogP contribution in [0.4, 0.5) is 0 Å². The third-order valence-corrected chi connectivity index (χ3v) is 3.16. The Bertz CT molecular complexity index is 271. The Morgan fingerprint density at radius 2 is 2.27 bits per heavy atom. The molecule has 2 unspecified atom stereocenters. The van der Waals surface area contributed by atoms with Crippen LogP contribution < -0.4 is 0 Å². The third-order valence-electron chi connectivity index (χ3n) is 3.16. The first-order valence-corrected chi connectivity index (χ1v) is 5.49. The number of hydrogen-bond donors (Lipinski definition) is 0. The Labute approximate surface area is 91.5 Å². The van der Waals surface area contributed by atoms with Crippen LogP contribution in [0.2, 0.25) is 0 Å². The number of nitrogens with zero attached hydrogens (tertiary/aromatic N) is 3. The number of likely N-dealkylation sites (N-methyl/N-ethyl adjacent to an activating group) is 2. The molecule has 0 saturated carbocycles. The van der Waals surface area contributed by atoms with Gasteiger partial charge in [-0.2, -0.15) is 5.26 Å². The van der Waals surface area contributed by atoms with Crippen LogP contribution in [0, 0.1) is 11.3 Å². The predicted octanol–water partition coefficient (Wildman–Crippen LogP) is 0.841. The van der Waals surface area contributed by atoms with Crippen molar-refractivity contribution in [3.05, 3.63) is 0 Å². The molecule has 1 aliphatic heterocycles. The molecule has 0 aromatic heterocycles. The second-order valence-corrected chi connectivity index (χ2v) is 4.12. The van der Waals surface area contributed by atoms with E-state index in [1.54, 1.807) is 0 Å². The SMILES string of the molecule is CCN1C(=O)C(CC#N)N(C)CCC1C. The first kappa shape index (κ1) is 12.0. The predicted molar refractivity (Wildman–Crippen MR) is 58.1 cm³/mol. The third kappa shape index (κ3) is 2.48. The van der Waals surface area contributed by atoms with Gasteiger partial charge in [0.2, 0.25) is 5.91 Å². The molecule has 0 aliphatic carbocycles. The van der Waals surface area contributed by atoms with Crippen LogP contribution in [0.15, 0.2) is 0 Å². The van der Waals surface area contributed by atoms with Crippen molar-refractivity contribution in [2.24, 2.45) is 0 Å². The lowest BCUT2D eigenvalue weighted by molar-refractivity contribution is -0.136. The highest BCUT2D eigenvalue weighted by atomic mass is 16.2. The summed E-state index contributed by atoms with van der Waals surface area (Å²) in [5, 5.41) is 8.72. The quantitative estimate of drug-likeness (QED) is 0.677. The molecule has 4 heteroatoms. The standard InChI is InChI=1S/C11H19N3O/c1-4-14-9(2)6-8-13(3)10(5-7-12)11(14)15/h9-10H,4-6,8H2,1-3H3. The first-order chi connectivity index (χ1) is 7.11. The second-order valence-electron chi connectivity index (χ2n) is 4.12. The summed E-state index contributed by atoms with van der Waals surface area (Å²) in [6, 6.07) is 2.13. The molecular weight excluding hydrogens is 190 g/mol. The summed E-state index contributed by atoms with van der Waals surface area (Å²) in [7, 11) is 1.92. The summed E-state index contributed by atoms with van der Waals surface area (Å²) < 4.78 is 0. The van der Waals surface area contributed by atoms with Crippen LogP contribution in [0.5, 0.6) is 0 Å². The largest absolute Gasteiger partial charge is 0.339 e. The average Bonchev–Trinajstić information content (AvgIpc) is 2.31. The fourth-order valence-electron chi connectivity index (χ4n) is 2.10. The molecule has 15 heavy (non-hydrogen) atoms. The summed E-state index contributed by atoms with van der Waals surface area (Å²) in [6.07, 6.45) is 1.27. The zero-order valence-electron chi connectivity index (χ0n) is 9.73. The topological polar surface area (TPSA) is 47.3 Å². The molecule has 1 amide bonds. The van der Waals surface area contributed by atoms with Crippen molar-refractivity contribution in [2.75, 3.05) is 20.1 Å². The molecule has 2 atom stereocenters. The number of carbonyl (C=O) groups is 1. The van der Waals surface area contributed by atoms with Crippen molar-refractivity contribution >= 4 is 5.91 Å². The van der Waals surface area contributed by atoms with Crippen LogP contribution >= 0.6 is 0 Å². The summed E-state index contributed by atoms with van der Waals surface area (Å²) in [5.74, 6) is 0.103. The van der Waals surface area contributed by atoms with Gasteiger partial charge in [-0.3, -0.25) is 9.69 Å². The minimum absolute atomic E-state index is 0.103. The average molecular weight is 209 g/mol. The molecule has 0 aromatic rings. The van der Waals surface area contributed by atoms with Gasteiger partial charge in [-0.15, -0.1) is 0 Å². The molecule has 0 N–H and O–H groups in total. The van der Waals surface area contributed by atoms with Crippen molar-refractivity contribution in [2.45, 2.75) is 38.8 Å². The van der Waals surface area contributed by atoms with Crippen molar-refractivity contribution in [3.63, 3.8) is 0 Å². The summed E-state index contributed by atoms with van der Waals surface area (Å²) in [6.45, 7) is 5.68. The molecule has 1 saturated heterocycles. The van der Waals surface area contributed by atoms with Gasteiger partial charge in [0.25, 0.3) is 0 Å². The van der Waals surface area contributed by atoms with Crippen LogP contribution in [-0.4, -0.2) is 47.9 Å². The fourth-order valence-corrected chi connectivity index (χ4v) is 2.10. The zero-order valence-corrected chi connectivity index (χ0v) is 9.73. The molecule has 1 fully saturated rings. The van der Waals surface area contributed by atoms with E-state index in [9.17, 15) is 4.79 Å². The highest BCUT2D eigenvalue weighted by Gasteiger charge is 2.32. The van der Waals surface area contributed by atoms with Crippen molar-refractivity contribution in [1.29, 1.82) is 5.26 Å². The molecule has 1 aliphatic rings. The Kier molecular flexibility index (Phi) is 4.10. The van der Waals surface area contributed by atoms with Gasteiger partial charge in [0.1, 0.15) is 6.04 Å². The minimum atomic E-state index is -0.250. The highest BCUT2D eigenvalue weighted by Crippen LogP contribution is 2.16. The molecule has 0 spiro atoms. The van der Waals surface area contributed by atoms with Gasteiger partial charge in [-0.25, -0.2) is 0 Å². The van der Waals surface area contributed by atoms with E-state index in [1.165, 1.54) is 0 Å². The van der Waals surface area contributed by atoms with Crippen LogP contribution in [-0.2, 0) is 4.79 Å². The van der Waals surface area contributed by atoms with E-state index in [0.717, 1.165) is 19.5 Å².